The molecule has 0 spiro atoms. The van der Waals surface area contributed by atoms with Gasteiger partial charge in [0.05, 0.1) is 12.3 Å². The second kappa shape index (κ2) is 9.73. The van der Waals surface area contributed by atoms with E-state index in [-0.39, 0.29) is 11.6 Å². The molecule has 0 aliphatic carbocycles. The van der Waals surface area contributed by atoms with Gasteiger partial charge >= 0.3 is 0 Å². The molecular weight excluding hydrogens is 403 g/mol. The maximum absolute atomic E-state index is 13.7. The number of aryl methyl sites for hydroxylation is 1. The first kappa shape index (κ1) is 21.7. The highest BCUT2D eigenvalue weighted by Gasteiger charge is 2.37. The van der Waals surface area contributed by atoms with E-state index in [1.807, 2.05) is 6.92 Å². The third-order valence-corrected chi connectivity index (χ3v) is 7.68. The third kappa shape index (κ3) is 5.02. The molecule has 2 aromatic rings. The summed E-state index contributed by atoms with van der Waals surface area (Å²) in [6, 6.07) is 7.03. The summed E-state index contributed by atoms with van der Waals surface area (Å²) in [4.78, 5) is 8.36. The topological polar surface area (TPSA) is 54.8 Å². The lowest BCUT2D eigenvalue weighted by molar-refractivity contribution is 0.0112. The van der Waals surface area contributed by atoms with Gasteiger partial charge in [-0.1, -0.05) is 12.1 Å². The van der Waals surface area contributed by atoms with Gasteiger partial charge in [0, 0.05) is 37.1 Å². The average molecular weight is 435 g/mol. The van der Waals surface area contributed by atoms with Crippen molar-refractivity contribution < 1.29 is 19.0 Å². The van der Waals surface area contributed by atoms with E-state index in [1.165, 1.54) is 6.07 Å². The quantitative estimate of drug-likeness (QED) is 0.743. The fourth-order valence-electron chi connectivity index (χ4n) is 4.44. The zero-order valence-corrected chi connectivity index (χ0v) is 18.4. The molecule has 0 saturated carbocycles. The largest absolute Gasteiger partial charge is 0.490 e. The number of hydrogen-bond acceptors (Lipinski definition) is 6. The van der Waals surface area contributed by atoms with Gasteiger partial charge in [0.2, 0.25) is 0 Å². The standard InChI is InChI=1S/C23H31FN2O3S/c1-17-21(9-16-29-20-6-3-2-5-19(20)24)30-22(25-17)23(27)10-4-12-26(13-11-23)18-7-14-28-15-8-18/h2-3,5-6,18,27H,4,7-16H2,1H3. The maximum Gasteiger partial charge on any atom is 0.165 e. The highest BCUT2D eigenvalue weighted by molar-refractivity contribution is 7.11. The first-order chi connectivity index (χ1) is 14.5. The lowest BCUT2D eigenvalue weighted by atomic mass is 9.96. The molecule has 3 heterocycles. The molecular formula is C23H31FN2O3S. The summed E-state index contributed by atoms with van der Waals surface area (Å²) in [5.41, 5.74) is 0.0751. The Labute approximate surface area is 181 Å². The van der Waals surface area contributed by atoms with Gasteiger partial charge < -0.3 is 19.5 Å². The zero-order chi connectivity index (χ0) is 21.0. The van der Waals surface area contributed by atoms with Crippen LogP contribution in [0.2, 0.25) is 0 Å². The second-order valence-corrected chi connectivity index (χ2v) is 9.40. The highest BCUT2D eigenvalue weighted by Crippen LogP contribution is 2.37. The summed E-state index contributed by atoms with van der Waals surface area (Å²) >= 11 is 1.58. The zero-order valence-electron chi connectivity index (χ0n) is 17.6. The van der Waals surface area contributed by atoms with Crippen LogP contribution in [0.4, 0.5) is 4.39 Å². The Morgan fingerprint density at radius 1 is 1.27 bits per heavy atom. The molecule has 0 radical (unpaired) electrons. The Kier molecular flexibility index (Phi) is 7.03. The van der Waals surface area contributed by atoms with Gasteiger partial charge in [-0.3, -0.25) is 0 Å². The second-order valence-electron chi connectivity index (χ2n) is 8.32. The number of ether oxygens (including phenoxy) is 2. The van der Waals surface area contributed by atoms with Crippen LogP contribution in [-0.4, -0.2) is 53.9 Å². The van der Waals surface area contributed by atoms with Crippen LogP contribution in [0.3, 0.4) is 0 Å². The number of hydrogen-bond donors (Lipinski definition) is 1. The third-order valence-electron chi connectivity index (χ3n) is 6.27. The number of aromatic nitrogens is 1. The molecule has 2 saturated heterocycles. The van der Waals surface area contributed by atoms with E-state index in [0.717, 1.165) is 67.6 Å². The maximum atomic E-state index is 13.7. The van der Waals surface area contributed by atoms with E-state index in [1.54, 1.807) is 29.5 Å². The molecule has 0 amide bonds. The molecule has 2 fully saturated rings. The van der Waals surface area contributed by atoms with Crippen molar-refractivity contribution in [2.45, 2.75) is 57.1 Å². The van der Waals surface area contributed by atoms with E-state index in [0.29, 0.717) is 25.5 Å². The Bertz CT molecular complexity index is 840. The molecule has 1 aromatic heterocycles. The predicted octanol–water partition coefficient (Wildman–Crippen LogP) is 4.06. The number of thiazole rings is 1. The van der Waals surface area contributed by atoms with Gasteiger partial charge in [-0.05, 0) is 57.7 Å². The molecule has 164 valence electrons. The summed E-state index contributed by atoms with van der Waals surface area (Å²) in [5, 5.41) is 12.2. The van der Waals surface area contributed by atoms with Crippen molar-refractivity contribution in [2.75, 3.05) is 32.9 Å². The van der Waals surface area contributed by atoms with Gasteiger partial charge in [0.15, 0.2) is 11.6 Å². The van der Waals surface area contributed by atoms with Crippen LogP contribution in [0.15, 0.2) is 24.3 Å². The number of nitrogens with zero attached hydrogens (tertiary/aromatic N) is 2. The van der Waals surface area contributed by atoms with Crippen LogP contribution < -0.4 is 4.74 Å². The lowest BCUT2D eigenvalue weighted by Crippen LogP contribution is -2.40. The van der Waals surface area contributed by atoms with Gasteiger partial charge in [-0.25, -0.2) is 9.37 Å². The van der Waals surface area contributed by atoms with Crippen LogP contribution >= 0.6 is 11.3 Å². The Morgan fingerprint density at radius 2 is 2.07 bits per heavy atom. The average Bonchev–Trinajstić information content (AvgIpc) is 3.01. The molecule has 1 N–H and O–H groups in total. The van der Waals surface area contributed by atoms with Crippen molar-refractivity contribution >= 4 is 11.3 Å². The molecule has 1 atom stereocenters. The summed E-state index contributed by atoms with van der Waals surface area (Å²) in [7, 11) is 0. The SMILES string of the molecule is Cc1nc(C2(O)CCCN(C3CCOCC3)CC2)sc1CCOc1ccccc1F. The molecule has 30 heavy (non-hydrogen) atoms. The molecule has 7 heteroatoms. The van der Waals surface area contributed by atoms with Crippen molar-refractivity contribution in [3.05, 3.63) is 45.7 Å². The fourth-order valence-corrected chi connectivity index (χ4v) is 5.63. The lowest BCUT2D eigenvalue weighted by Gasteiger charge is -2.33. The van der Waals surface area contributed by atoms with Crippen molar-refractivity contribution in [1.82, 2.24) is 9.88 Å². The molecule has 1 unspecified atom stereocenters. The number of halogens is 1. The Balaban J connectivity index is 1.37. The van der Waals surface area contributed by atoms with E-state index >= 15 is 0 Å². The van der Waals surface area contributed by atoms with E-state index < -0.39 is 5.60 Å². The molecule has 5 nitrogen and oxygen atoms in total. The summed E-state index contributed by atoms with van der Waals surface area (Å²) < 4.78 is 24.8. The van der Waals surface area contributed by atoms with Crippen molar-refractivity contribution in [3.8, 4) is 5.75 Å². The molecule has 1 aromatic carbocycles. The number of aliphatic hydroxyl groups is 1. The molecule has 2 aliphatic heterocycles. The number of likely N-dealkylation sites (tertiary alicyclic amines) is 1. The summed E-state index contributed by atoms with van der Waals surface area (Å²) in [6.07, 6.45) is 5.25. The minimum absolute atomic E-state index is 0.274. The Morgan fingerprint density at radius 3 is 2.87 bits per heavy atom. The van der Waals surface area contributed by atoms with Crippen molar-refractivity contribution in [2.24, 2.45) is 0 Å². The number of rotatable bonds is 6. The smallest absolute Gasteiger partial charge is 0.165 e. The Hall–Kier alpha value is -1.54. The van der Waals surface area contributed by atoms with Crippen LogP contribution in [0.1, 0.15) is 47.7 Å². The summed E-state index contributed by atoms with van der Waals surface area (Å²) in [5.74, 6) is -0.0726. The number of para-hydroxylation sites is 1. The molecule has 2 aliphatic rings. The van der Waals surface area contributed by atoms with Crippen molar-refractivity contribution in [3.63, 3.8) is 0 Å². The highest BCUT2D eigenvalue weighted by atomic mass is 32.1. The van der Waals surface area contributed by atoms with Gasteiger partial charge in [0.1, 0.15) is 10.6 Å². The van der Waals surface area contributed by atoms with Gasteiger partial charge in [0.25, 0.3) is 0 Å². The van der Waals surface area contributed by atoms with Crippen LogP contribution in [0, 0.1) is 12.7 Å². The minimum Gasteiger partial charge on any atom is -0.490 e. The van der Waals surface area contributed by atoms with Crippen LogP contribution in [-0.2, 0) is 16.8 Å². The normalized spacial score (nSPS) is 24.0. The van der Waals surface area contributed by atoms with E-state index in [9.17, 15) is 9.50 Å². The monoisotopic (exact) mass is 434 g/mol. The first-order valence-electron chi connectivity index (χ1n) is 10.9. The predicted molar refractivity (Wildman–Crippen MR) is 116 cm³/mol. The first-order valence-corrected chi connectivity index (χ1v) is 11.7. The summed E-state index contributed by atoms with van der Waals surface area (Å²) in [6.45, 7) is 5.98. The fraction of sp³-hybridized carbons (Fsp3) is 0.609. The minimum atomic E-state index is -0.861. The van der Waals surface area contributed by atoms with Gasteiger partial charge in [-0.15, -0.1) is 11.3 Å². The van der Waals surface area contributed by atoms with E-state index in [2.05, 4.69) is 4.90 Å². The van der Waals surface area contributed by atoms with Gasteiger partial charge in [-0.2, -0.15) is 0 Å². The van der Waals surface area contributed by atoms with E-state index in [4.69, 9.17) is 14.5 Å². The molecule has 0 bridgehead atoms. The van der Waals surface area contributed by atoms with Crippen LogP contribution in [0.5, 0.6) is 5.75 Å². The molecule has 4 rings (SSSR count). The number of benzene rings is 1. The van der Waals surface area contributed by atoms with Crippen molar-refractivity contribution in [1.29, 1.82) is 0 Å². The van der Waals surface area contributed by atoms with Crippen LogP contribution in [0.25, 0.3) is 0 Å².